The molecular formula is C13H17NO6. The van der Waals surface area contributed by atoms with Crippen LogP contribution < -0.4 is 4.74 Å². The molecule has 0 aliphatic carbocycles. The molecule has 0 fully saturated rings. The van der Waals surface area contributed by atoms with Gasteiger partial charge in [-0.1, -0.05) is 0 Å². The van der Waals surface area contributed by atoms with Crippen LogP contribution in [0.4, 0.5) is 5.69 Å². The largest absolute Gasteiger partial charge is 0.493 e. The number of ether oxygens (including phenoxy) is 2. The van der Waals surface area contributed by atoms with Crippen molar-refractivity contribution in [2.75, 3.05) is 13.7 Å². The summed E-state index contributed by atoms with van der Waals surface area (Å²) in [5.41, 5.74) is 0.236. The number of hydrogen-bond donors (Lipinski definition) is 1. The Morgan fingerprint density at radius 3 is 2.75 bits per heavy atom. The van der Waals surface area contributed by atoms with Crippen LogP contribution in [0.1, 0.15) is 31.4 Å². The van der Waals surface area contributed by atoms with E-state index in [0.717, 1.165) is 0 Å². The highest BCUT2D eigenvalue weighted by molar-refractivity contribution is 5.69. The molecule has 0 radical (unpaired) electrons. The number of nitro benzene ring substituents is 1. The molecule has 110 valence electrons. The molecule has 1 N–H and O–H groups in total. The van der Waals surface area contributed by atoms with Gasteiger partial charge in [0.15, 0.2) is 0 Å². The van der Waals surface area contributed by atoms with Gasteiger partial charge in [0, 0.05) is 24.1 Å². The molecule has 0 aliphatic rings. The normalized spacial score (nSPS) is 11.8. The van der Waals surface area contributed by atoms with Crippen molar-refractivity contribution in [1.29, 1.82) is 0 Å². The van der Waals surface area contributed by atoms with Crippen LogP contribution in [0, 0.1) is 10.1 Å². The highest BCUT2D eigenvalue weighted by Gasteiger charge is 2.15. The molecule has 0 unspecified atom stereocenters. The van der Waals surface area contributed by atoms with Crippen molar-refractivity contribution in [3.8, 4) is 5.75 Å². The van der Waals surface area contributed by atoms with E-state index in [0.29, 0.717) is 17.7 Å². The van der Waals surface area contributed by atoms with E-state index in [2.05, 4.69) is 4.74 Å². The Hall–Kier alpha value is -2.15. The third kappa shape index (κ3) is 4.51. The summed E-state index contributed by atoms with van der Waals surface area (Å²) in [5, 5.41) is 20.3. The lowest BCUT2D eigenvalue weighted by Crippen LogP contribution is -2.06. The Kier molecular flexibility index (Phi) is 5.92. The van der Waals surface area contributed by atoms with Crippen LogP contribution in [-0.2, 0) is 9.53 Å². The summed E-state index contributed by atoms with van der Waals surface area (Å²) in [6.07, 6.45) is -0.193. The van der Waals surface area contributed by atoms with E-state index >= 15 is 0 Å². The molecule has 0 amide bonds. The zero-order valence-electron chi connectivity index (χ0n) is 11.4. The summed E-state index contributed by atoms with van der Waals surface area (Å²) in [7, 11) is 1.31. The number of carbonyl (C=O) groups is 1. The Labute approximate surface area is 116 Å². The van der Waals surface area contributed by atoms with Crippen molar-refractivity contribution < 1.29 is 24.3 Å². The summed E-state index contributed by atoms with van der Waals surface area (Å²) in [5.74, 6) is 0.0449. The number of nitrogens with zero attached hydrogens (tertiary/aromatic N) is 1. The molecule has 0 spiro atoms. The fourth-order valence-electron chi connectivity index (χ4n) is 1.61. The van der Waals surface area contributed by atoms with Gasteiger partial charge < -0.3 is 14.6 Å². The molecule has 1 atom stereocenters. The Morgan fingerprint density at radius 2 is 2.20 bits per heavy atom. The van der Waals surface area contributed by atoms with E-state index in [1.165, 1.54) is 32.2 Å². The lowest BCUT2D eigenvalue weighted by atomic mass is 10.1. The van der Waals surface area contributed by atoms with Crippen molar-refractivity contribution in [1.82, 2.24) is 0 Å². The summed E-state index contributed by atoms with van der Waals surface area (Å²) >= 11 is 0. The first-order valence-corrected chi connectivity index (χ1v) is 6.11. The predicted molar refractivity (Wildman–Crippen MR) is 70.5 cm³/mol. The molecule has 20 heavy (non-hydrogen) atoms. The second kappa shape index (κ2) is 7.44. The van der Waals surface area contributed by atoms with E-state index in [9.17, 15) is 20.0 Å². The highest BCUT2D eigenvalue weighted by atomic mass is 16.6. The smallest absolute Gasteiger partial charge is 0.305 e. The van der Waals surface area contributed by atoms with Crippen LogP contribution in [0.25, 0.3) is 0 Å². The SMILES string of the molecule is COC(=O)CCCOc1ccc([N+](=O)[O-])cc1[C@@H](C)O. The average Bonchev–Trinajstić information content (AvgIpc) is 2.42. The second-order valence-electron chi connectivity index (χ2n) is 4.18. The summed E-state index contributed by atoms with van der Waals surface area (Å²) < 4.78 is 9.93. The molecule has 1 rings (SSSR count). The number of nitro groups is 1. The first kappa shape index (κ1) is 15.9. The topological polar surface area (TPSA) is 98.9 Å². The molecule has 0 aromatic heterocycles. The molecular weight excluding hydrogens is 266 g/mol. The number of hydrogen-bond acceptors (Lipinski definition) is 6. The van der Waals surface area contributed by atoms with Crippen molar-refractivity contribution in [3.63, 3.8) is 0 Å². The minimum Gasteiger partial charge on any atom is -0.493 e. The van der Waals surface area contributed by atoms with Crippen molar-refractivity contribution in [3.05, 3.63) is 33.9 Å². The minimum absolute atomic E-state index is 0.109. The standard InChI is InChI=1S/C13H17NO6/c1-9(15)11-8-10(14(17)18)5-6-12(11)20-7-3-4-13(16)19-2/h5-6,8-9,15H,3-4,7H2,1-2H3/t9-/m1/s1. The van der Waals surface area contributed by atoms with Crippen molar-refractivity contribution in [2.45, 2.75) is 25.9 Å². The van der Waals surface area contributed by atoms with Gasteiger partial charge >= 0.3 is 5.97 Å². The molecule has 1 aromatic rings. The predicted octanol–water partition coefficient (Wildman–Crippen LogP) is 1.98. The van der Waals surface area contributed by atoms with Crippen LogP contribution in [0.5, 0.6) is 5.75 Å². The van der Waals surface area contributed by atoms with E-state index in [4.69, 9.17) is 4.74 Å². The molecule has 0 saturated heterocycles. The number of non-ortho nitro benzene ring substituents is 1. The Morgan fingerprint density at radius 1 is 1.50 bits per heavy atom. The fourth-order valence-corrected chi connectivity index (χ4v) is 1.61. The van der Waals surface area contributed by atoms with E-state index in [1.807, 2.05) is 0 Å². The zero-order chi connectivity index (χ0) is 15.1. The highest BCUT2D eigenvalue weighted by Crippen LogP contribution is 2.29. The van der Waals surface area contributed by atoms with Crippen LogP contribution in [0.15, 0.2) is 18.2 Å². The minimum atomic E-state index is -0.884. The third-order valence-electron chi connectivity index (χ3n) is 2.66. The Balaban J connectivity index is 2.69. The monoisotopic (exact) mass is 283 g/mol. The average molecular weight is 283 g/mol. The lowest BCUT2D eigenvalue weighted by molar-refractivity contribution is -0.385. The maximum absolute atomic E-state index is 10.9. The fraction of sp³-hybridized carbons (Fsp3) is 0.462. The first-order chi connectivity index (χ1) is 9.45. The molecule has 7 heteroatoms. The van der Waals surface area contributed by atoms with E-state index in [-0.39, 0.29) is 24.7 Å². The van der Waals surface area contributed by atoms with Crippen LogP contribution in [0.2, 0.25) is 0 Å². The van der Waals surface area contributed by atoms with Crippen LogP contribution in [0.3, 0.4) is 0 Å². The summed E-state index contributed by atoms with van der Waals surface area (Å²) in [6.45, 7) is 1.76. The summed E-state index contributed by atoms with van der Waals surface area (Å²) in [6, 6.07) is 4.03. The molecule has 1 aromatic carbocycles. The quantitative estimate of drug-likeness (QED) is 0.355. The Bertz CT molecular complexity index is 486. The number of rotatable bonds is 7. The number of esters is 1. The van der Waals surface area contributed by atoms with Crippen molar-refractivity contribution in [2.24, 2.45) is 0 Å². The molecule has 7 nitrogen and oxygen atoms in total. The molecule has 0 aliphatic heterocycles. The first-order valence-electron chi connectivity index (χ1n) is 6.11. The van der Waals surface area contributed by atoms with Gasteiger partial charge in [-0.15, -0.1) is 0 Å². The van der Waals surface area contributed by atoms with Gasteiger partial charge in [-0.2, -0.15) is 0 Å². The second-order valence-corrected chi connectivity index (χ2v) is 4.18. The van der Waals surface area contributed by atoms with Gasteiger partial charge in [-0.05, 0) is 19.4 Å². The van der Waals surface area contributed by atoms with Gasteiger partial charge in [0.05, 0.1) is 24.7 Å². The molecule has 0 bridgehead atoms. The van der Waals surface area contributed by atoms with Gasteiger partial charge in [0.1, 0.15) is 5.75 Å². The number of aliphatic hydroxyl groups excluding tert-OH is 1. The number of carbonyl (C=O) groups excluding carboxylic acids is 1. The van der Waals surface area contributed by atoms with Gasteiger partial charge in [-0.3, -0.25) is 14.9 Å². The number of aliphatic hydroxyl groups is 1. The van der Waals surface area contributed by atoms with Crippen LogP contribution in [-0.4, -0.2) is 29.7 Å². The lowest BCUT2D eigenvalue weighted by Gasteiger charge is -2.13. The van der Waals surface area contributed by atoms with Crippen LogP contribution >= 0.6 is 0 Å². The zero-order valence-corrected chi connectivity index (χ0v) is 11.4. The maximum atomic E-state index is 10.9. The number of benzene rings is 1. The van der Waals surface area contributed by atoms with E-state index in [1.54, 1.807) is 0 Å². The molecule has 0 saturated carbocycles. The van der Waals surface area contributed by atoms with Gasteiger partial charge in [0.2, 0.25) is 0 Å². The third-order valence-corrected chi connectivity index (χ3v) is 2.66. The molecule has 0 heterocycles. The summed E-state index contributed by atoms with van der Waals surface area (Å²) in [4.78, 5) is 21.1. The van der Waals surface area contributed by atoms with Crippen molar-refractivity contribution >= 4 is 11.7 Å². The van der Waals surface area contributed by atoms with E-state index < -0.39 is 11.0 Å². The number of methoxy groups -OCH3 is 1. The van der Waals surface area contributed by atoms with Gasteiger partial charge in [-0.25, -0.2) is 0 Å². The maximum Gasteiger partial charge on any atom is 0.305 e. The van der Waals surface area contributed by atoms with Gasteiger partial charge in [0.25, 0.3) is 5.69 Å².